The first-order valence-electron chi connectivity index (χ1n) is 8.88. The molecule has 0 aliphatic heterocycles. The van der Waals surface area contributed by atoms with Crippen molar-refractivity contribution in [1.29, 1.82) is 0 Å². The third-order valence-electron chi connectivity index (χ3n) is 3.93. The third-order valence-corrected chi connectivity index (χ3v) is 3.93. The van der Waals surface area contributed by atoms with Gasteiger partial charge in [0.25, 0.3) is 11.8 Å². The molecular weight excluding hydrogens is 360 g/mol. The molecule has 0 radical (unpaired) electrons. The number of rotatable bonds is 9. The summed E-state index contributed by atoms with van der Waals surface area (Å²) < 4.78 is 9.95. The number of hydrogen-bond donors (Lipinski definition) is 2. The molecule has 148 valence electrons. The fraction of sp³-hybridized carbons (Fsp3) is 0.286. The van der Waals surface area contributed by atoms with E-state index in [4.69, 9.17) is 9.47 Å². The van der Waals surface area contributed by atoms with E-state index in [0.29, 0.717) is 18.5 Å². The summed E-state index contributed by atoms with van der Waals surface area (Å²) in [4.78, 5) is 35.4. The van der Waals surface area contributed by atoms with Crippen molar-refractivity contribution in [2.75, 3.05) is 26.8 Å². The van der Waals surface area contributed by atoms with Crippen LogP contribution in [0, 0.1) is 6.92 Å². The Morgan fingerprint density at radius 2 is 1.75 bits per heavy atom. The summed E-state index contributed by atoms with van der Waals surface area (Å²) in [5.41, 5.74) is 2.46. The van der Waals surface area contributed by atoms with Crippen LogP contribution in [0.1, 0.15) is 21.5 Å². The SMILES string of the molecule is COc1ccc(CCNC(=O)COC(=O)CNC(=O)c2cccc(C)c2)cc1. The highest BCUT2D eigenvalue weighted by molar-refractivity contribution is 5.96. The molecule has 2 aromatic carbocycles. The Morgan fingerprint density at radius 3 is 2.43 bits per heavy atom. The van der Waals surface area contributed by atoms with Gasteiger partial charge in [0.1, 0.15) is 12.3 Å². The molecule has 0 saturated heterocycles. The summed E-state index contributed by atoms with van der Waals surface area (Å²) >= 11 is 0. The highest BCUT2D eigenvalue weighted by atomic mass is 16.5. The van der Waals surface area contributed by atoms with E-state index in [2.05, 4.69) is 10.6 Å². The van der Waals surface area contributed by atoms with Gasteiger partial charge in [-0.1, -0.05) is 29.8 Å². The molecular formula is C21H24N2O5. The van der Waals surface area contributed by atoms with Crippen LogP contribution >= 0.6 is 0 Å². The molecule has 0 aromatic heterocycles. The molecule has 0 bridgehead atoms. The van der Waals surface area contributed by atoms with Crippen LogP contribution in [-0.4, -0.2) is 44.6 Å². The van der Waals surface area contributed by atoms with Crippen LogP contribution in [0.3, 0.4) is 0 Å². The lowest BCUT2D eigenvalue weighted by molar-refractivity contribution is -0.147. The van der Waals surface area contributed by atoms with Gasteiger partial charge in [0, 0.05) is 12.1 Å². The second kappa shape index (κ2) is 10.7. The van der Waals surface area contributed by atoms with Crippen LogP contribution in [-0.2, 0) is 20.7 Å². The molecule has 2 rings (SSSR count). The Hall–Kier alpha value is -3.35. The van der Waals surface area contributed by atoms with Crippen LogP contribution < -0.4 is 15.4 Å². The predicted octanol–water partition coefficient (Wildman–Crippen LogP) is 1.64. The fourth-order valence-corrected chi connectivity index (χ4v) is 2.43. The van der Waals surface area contributed by atoms with E-state index in [1.807, 2.05) is 37.3 Å². The summed E-state index contributed by atoms with van der Waals surface area (Å²) in [5.74, 6) is -0.669. The second-order valence-electron chi connectivity index (χ2n) is 6.16. The third kappa shape index (κ3) is 7.11. The first-order valence-corrected chi connectivity index (χ1v) is 8.88. The van der Waals surface area contributed by atoms with Crippen molar-refractivity contribution < 1.29 is 23.9 Å². The zero-order chi connectivity index (χ0) is 20.4. The second-order valence-corrected chi connectivity index (χ2v) is 6.16. The van der Waals surface area contributed by atoms with Crippen molar-refractivity contribution in [3.63, 3.8) is 0 Å². The van der Waals surface area contributed by atoms with Crippen LogP contribution in [0.4, 0.5) is 0 Å². The van der Waals surface area contributed by atoms with Gasteiger partial charge in [0.2, 0.25) is 0 Å². The van der Waals surface area contributed by atoms with Gasteiger partial charge >= 0.3 is 5.97 Å². The topological polar surface area (TPSA) is 93.7 Å². The Bertz CT molecular complexity index is 818. The molecule has 0 aliphatic carbocycles. The van der Waals surface area contributed by atoms with E-state index in [0.717, 1.165) is 16.9 Å². The lowest BCUT2D eigenvalue weighted by atomic mass is 10.1. The lowest BCUT2D eigenvalue weighted by Gasteiger charge is -2.08. The Labute approximate surface area is 164 Å². The number of esters is 1. The molecule has 0 spiro atoms. The van der Waals surface area contributed by atoms with Crippen LogP contribution in [0.25, 0.3) is 0 Å². The van der Waals surface area contributed by atoms with Gasteiger partial charge in [-0.25, -0.2) is 0 Å². The molecule has 0 heterocycles. The van der Waals surface area contributed by atoms with E-state index in [9.17, 15) is 14.4 Å². The Balaban J connectivity index is 1.62. The minimum atomic E-state index is -0.675. The molecule has 7 nitrogen and oxygen atoms in total. The van der Waals surface area contributed by atoms with Crippen molar-refractivity contribution in [3.8, 4) is 5.75 Å². The summed E-state index contributed by atoms with van der Waals surface area (Å²) in [6.45, 7) is 1.61. The molecule has 2 aromatic rings. The summed E-state index contributed by atoms with van der Waals surface area (Å²) in [5, 5.41) is 5.15. The maximum atomic E-state index is 11.9. The van der Waals surface area contributed by atoms with Gasteiger partial charge in [-0.2, -0.15) is 0 Å². The highest BCUT2D eigenvalue weighted by Crippen LogP contribution is 2.11. The van der Waals surface area contributed by atoms with Crippen molar-refractivity contribution in [2.24, 2.45) is 0 Å². The zero-order valence-corrected chi connectivity index (χ0v) is 16.0. The maximum Gasteiger partial charge on any atom is 0.325 e. The molecule has 2 N–H and O–H groups in total. The number of benzene rings is 2. The Kier molecular flexibility index (Phi) is 8.02. The number of carbonyl (C=O) groups excluding carboxylic acids is 3. The van der Waals surface area contributed by atoms with E-state index in [1.54, 1.807) is 25.3 Å². The number of carbonyl (C=O) groups is 3. The van der Waals surface area contributed by atoms with Gasteiger partial charge in [-0.15, -0.1) is 0 Å². The monoisotopic (exact) mass is 384 g/mol. The van der Waals surface area contributed by atoms with Gasteiger partial charge in [-0.05, 0) is 43.2 Å². The number of methoxy groups -OCH3 is 1. The minimum Gasteiger partial charge on any atom is -0.497 e. The first-order chi connectivity index (χ1) is 13.5. The number of ether oxygens (including phenoxy) is 2. The van der Waals surface area contributed by atoms with E-state index in [-0.39, 0.29) is 19.1 Å². The standard InChI is InChI=1S/C21H24N2O5/c1-15-4-3-5-17(12-15)21(26)23-13-20(25)28-14-19(24)22-11-10-16-6-8-18(27-2)9-7-16/h3-9,12H,10-11,13-14H2,1-2H3,(H,22,24)(H,23,26). The predicted molar refractivity (Wildman–Crippen MR) is 104 cm³/mol. The smallest absolute Gasteiger partial charge is 0.325 e. The van der Waals surface area contributed by atoms with Gasteiger partial charge < -0.3 is 20.1 Å². The van der Waals surface area contributed by atoms with Crippen molar-refractivity contribution in [1.82, 2.24) is 10.6 Å². The average molecular weight is 384 g/mol. The number of hydrogen-bond acceptors (Lipinski definition) is 5. The molecule has 28 heavy (non-hydrogen) atoms. The molecule has 0 atom stereocenters. The largest absolute Gasteiger partial charge is 0.497 e. The number of nitrogens with one attached hydrogen (secondary N) is 2. The van der Waals surface area contributed by atoms with Crippen molar-refractivity contribution in [3.05, 3.63) is 65.2 Å². The Morgan fingerprint density at radius 1 is 1.00 bits per heavy atom. The van der Waals surface area contributed by atoms with Gasteiger partial charge in [0.15, 0.2) is 6.61 Å². The molecule has 0 saturated carbocycles. The minimum absolute atomic E-state index is 0.300. The summed E-state index contributed by atoms with van der Waals surface area (Å²) in [6, 6.07) is 14.6. The maximum absolute atomic E-state index is 11.9. The normalized spacial score (nSPS) is 10.1. The van der Waals surface area contributed by atoms with Crippen LogP contribution in [0.2, 0.25) is 0 Å². The number of aryl methyl sites for hydroxylation is 1. The molecule has 2 amide bonds. The lowest BCUT2D eigenvalue weighted by Crippen LogP contribution is -2.34. The van der Waals surface area contributed by atoms with E-state index in [1.165, 1.54) is 0 Å². The fourth-order valence-electron chi connectivity index (χ4n) is 2.43. The zero-order valence-electron chi connectivity index (χ0n) is 16.0. The summed E-state index contributed by atoms with van der Waals surface area (Å²) in [6.07, 6.45) is 0.649. The van der Waals surface area contributed by atoms with Crippen molar-refractivity contribution >= 4 is 17.8 Å². The molecule has 7 heteroatoms. The average Bonchev–Trinajstić information content (AvgIpc) is 2.71. The van der Waals surface area contributed by atoms with Crippen LogP contribution in [0.5, 0.6) is 5.75 Å². The quantitative estimate of drug-likeness (QED) is 0.641. The number of amides is 2. The molecule has 0 unspecified atom stereocenters. The van der Waals surface area contributed by atoms with Gasteiger partial charge in [-0.3, -0.25) is 14.4 Å². The van der Waals surface area contributed by atoms with E-state index >= 15 is 0 Å². The van der Waals surface area contributed by atoms with E-state index < -0.39 is 11.9 Å². The summed E-state index contributed by atoms with van der Waals surface area (Å²) in [7, 11) is 1.60. The van der Waals surface area contributed by atoms with Crippen LogP contribution in [0.15, 0.2) is 48.5 Å². The molecule has 0 fully saturated rings. The first kappa shape index (κ1) is 21.0. The molecule has 0 aliphatic rings. The van der Waals surface area contributed by atoms with Gasteiger partial charge in [0.05, 0.1) is 7.11 Å². The highest BCUT2D eigenvalue weighted by Gasteiger charge is 2.10. The van der Waals surface area contributed by atoms with Crippen molar-refractivity contribution in [2.45, 2.75) is 13.3 Å².